The number of halogens is 1. The summed E-state index contributed by atoms with van der Waals surface area (Å²) in [6.07, 6.45) is 5.96. The van der Waals surface area contributed by atoms with Gasteiger partial charge in [-0.05, 0) is 32.0 Å². The number of nitrogens with one attached hydrogen (secondary N) is 1. The molecule has 3 aromatic heterocycles. The normalized spacial score (nSPS) is 11.2. The van der Waals surface area contributed by atoms with Crippen LogP contribution in [0.3, 0.4) is 0 Å². The van der Waals surface area contributed by atoms with Crippen molar-refractivity contribution in [2.24, 2.45) is 5.73 Å². The summed E-state index contributed by atoms with van der Waals surface area (Å²) in [5, 5.41) is 3.04. The van der Waals surface area contributed by atoms with E-state index in [1.807, 2.05) is 0 Å². The van der Waals surface area contributed by atoms with Crippen LogP contribution in [0.1, 0.15) is 30.0 Å². The Bertz CT molecular complexity index is 944. The van der Waals surface area contributed by atoms with Gasteiger partial charge in [-0.2, -0.15) is 0 Å². The Labute approximate surface area is 148 Å². The first-order valence-corrected chi connectivity index (χ1v) is 7.71. The topological polar surface area (TPSA) is 120 Å². The highest BCUT2D eigenvalue weighted by Gasteiger charge is 2.26. The van der Waals surface area contributed by atoms with Crippen LogP contribution in [0, 0.1) is 5.82 Å². The lowest BCUT2D eigenvalue weighted by atomic mass is 9.99. The summed E-state index contributed by atoms with van der Waals surface area (Å²) in [5.41, 5.74) is 5.26. The second-order valence-electron chi connectivity index (χ2n) is 6.01. The maximum absolute atomic E-state index is 14.0. The molecular formula is C17H16FN7O. The Morgan fingerprint density at radius 3 is 2.50 bits per heavy atom. The molecule has 9 heteroatoms. The molecule has 0 saturated carbocycles. The van der Waals surface area contributed by atoms with E-state index in [0.717, 1.165) is 0 Å². The number of nitrogens with two attached hydrogens (primary N) is 1. The van der Waals surface area contributed by atoms with Crippen LogP contribution in [-0.4, -0.2) is 30.8 Å². The molecule has 3 aromatic rings. The second kappa shape index (κ2) is 6.79. The average molecular weight is 353 g/mol. The van der Waals surface area contributed by atoms with Gasteiger partial charge in [0, 0.05) is 24.8 Å². The molecule has 132 valence electrons. The summed E-state index contributed by atoms with van der Waals surface area (Å²) in [6.45, 7) is 3.55. The summed E-state index contributed by atoms with van der Waals surface area (Å²) < 4.78 is 14.0. The highest BCUT2D eigenvalue weighted by molar-refractivity contribution is 5.91. The van der Waals surface area contributed by atoms with Crippen molar-refractivity contribution in [3.63, 3.8) is 0 Å². The molecule has 0 bridgehead atoms. The number of carbonyl (C=O) groups excluding carboxylic acids is 1. The Balaban J connectivity index is 1.83. The van der Waals surface area contributed by atoms with Crippen molar-refractivity contribution in [3.05, 3.63) is 60.2 Å². The summed E-state index contributed by atoms with van der Waals surface area (Å²) in [7, 11) is 0. The van der Waals surface area contributed by atoms with Gasteiger partial charge in [0.1, 0.15) is 17.2 Å². The third-order valence-corrected chi connectivity index (χ3v) is 3.59. The van der Waals surface area contributed by atoms with Crippen LogP contribution >= 0.6 is 0 Å². The Morgan fingerprint density at radius 1 is 1.12 bits per heavy atom. The van der Waals surface area contributed by atoms with E-state index in [0.29, 0.717) is 5.56 Å². The van der Waals surface area contributed by atoms with Crippen molar-refractivity contribution in [1.82, 2.24) is 24.9 Å². The first-order valence-electron chi connectivity index (χ1n) is 7.71. The number of hydrogen-bond donors (Lipinski definition) is 2. The molecule has 0 aliphatic rings. The molecule has 26 heavy (non-hydrogen) atoms. The van der Waals surface area contributed by atoms with Gasteiger partial charge in [0.05, 0.1) is 11.1 Å². The van der Waals surface area contributed by atoms with E-state index in [1.165, 1.54) is 43.0 Å². The number of carbonyl (C=O) groups is 1. The first-order chi connectivity index (χ1) is 12.4. The van der Waals surface area contributed by atoms with Crippen molar-refractivity contribution in [3.8, 4) is 11.4 Å². The van der Waals surface area contributed by atoms with Crippen molar-refractivity contribution in [2.45, 2.75) is 19.4 Å². The van der Waals surface area contributed by atoms with Gasteiger partial charge in [-0.25, -0.2) is 24.3 Å². The van der Waals surface area contributed by atoms with Gasteiger partial charge in [-0.15, -0.1) is 0 Å². The van der Waals surface area contributed by atoms with Gasteiger partial charge in [0.15, 0.2) is 5.82 Å². The SMILES string of the molecule is CC(C)(Nc1ncc(-c2nccc(C(N)=O)n2)cn1)c1ncccc1F. The lowest BCUT2D eigenvalue weighted by molar-refractivity contribution is 0.0995. The number of nitrogens with zero attached hydrogens (tertiary/aromatic N) is 5. The molecule has 0 saturated heterocycles. The quantitative estimate of drug-likeness (QED) is 0.719. The van der Waals surface area contributed by atoms with Gasteiger partial charge in [0.25, 0.3) is 5.91 Å². The standard InChI is InChI=1S/C17H16FN7O/c1-17(2,13-11(18)4-3-6-20-13)25-16-22-8-10(9-23-16)15-21-7-5-12(24-15)14(19)26/h3-9H,1-2H3,(H2,19,26)(H,22,23,25). The molecule has 0 aromatic carbocycles. The third-order valence-electron chi connectivity index (χ3n) is 3.59. The minimum absolute atomic E-state index is 0.101. The summed E-state index contributed by atoms with van der Waals surface area (Å²) >= 11 is 0. The fourth-order valence-corrected chi connectivity index (χ4v) is 2.33. The largest absolute Gasteiger partial charge is 0.364 e. The van der Waals surface area contributed by atoms with E-state index in [9.17, 15) is 9.18 Å². The predicted octanol–water partition coefficient (Wildman–Crippen LogP) is 1.91. The molecule has 0 radical (unpaired) electrons. The van der Waals surface area contributed by atoms with Crippen LogP contribution < -0.4 is 11.1 Å². The number of aromatic nitrogens is 5. The van der Waals surface area contributed by atoms with Crippen LogP contribution in [0.2, 0.25) is 0 Å². The average Bonchev–Trinajstić information content (AvgIpc) is 2.62. The molecule has 0 spiro atoms. The molecule has 0 aliphatic heterocycles. The van der Waals surface area contributed by atoms with Gasteiger partial charge in [0.2, 0.25) is 5.95 Å². The molecule has 1 amide bonds. The smallest absolute Gasteiger partial charge is 0.267 e. The number of primary amides is 1. The van der Waals surface area contributed by atoms with Crippen molar-refractivity contribution in [2.75, 3.05) is 5.32 Å². The fraction of sp³-hybridized carbons (Fsp3) is 0.176. The monoisotopic (exact) mass is 353 g/mol. The van der Waals surface area contributed by atoms with Gasteiger partial charge in [-0.1, -0.05) is 0 Å². The number of rotatable bonds is 5. The predicted molar refractivity (Wildman–Crippen MR) is 92.4 cm³/mol. The van der Waals surface area contributed by atoms with Crippen LogP contribution in [0.25, 0.3) is 11.4 Å². The van der Waals surface area contributed by atoms with E-state index in [1.54, 1.807) is 13.8 Å². The lowest BCUT2D eigenvalue weighted by Gasteiger charge is -2.25. The maximum Gasteiger partial charge on any atom is 0.267 e. The first kappa shape index (κ1) is 17.3. The molecule has 0 atom stereocenters. The van der Waals surface area contributed by atoms with Crippen molar-refractivity contribution >= 4 is 11.9 Å². The van der Waals surface area contributed by atoms with Crippen molar-refractivity contribution in [1.29, 1.82) is 0 Å². The number of amides is 1. The van der Waals surface area contributed by atoms with Gasteiger partial charge in [-0.3, -0.25) is 9.78 Å². The zero-order valence-corrected chi connectivity index (χ0v) is 14.1. The Morgan fingerprint density at radius 2 is 1.85 bits per heavy atom. The van der Waals surface area contributed by atoms with E-state index in [-0.39, 0.29) is 23.2 Å². The number of pyridine rings is 1. The number of hydrogen-bond acceptors (Lipinski definition) is 7. The van der Waals surface area contributed by atoms with Crippen LogP contribution in [0.15, 0.2) is 43.0 Å². The summed E-state index contributed by atoms with van der Waals surface area (Å²) in [5.74, 6) is -0.497. The molecule has 3 rings (SSSR count). The second-order valence-corrected chi connectivity index (χ2v) is 6.01. The van der Waals surface area contributed by atoms with Gasteiger partial charge < -0.3 is 11.1 Å². The Kier molecular flexibility index (Phi) is 4.53. The van der Waals surface area contributed by atoms with Crippen LogP contribution in [-0.2, 0) is 5.54 Å². The molecule has 3 heterocycles. The number of anilines is 1. The molecule has 3 N–H and O–H groups in total. The highest BCUT2D eigenvalue weighted by Crippen LogP contribution is 2.24. The summed E-state index contributed by atoms with van der Waals surface area (Å²) in [4.78, 5) is 31.8. The van der Waals surface area contributed by atoms with E-state index in [2.05, 4.69) is 30.2 Å². The molecular weight excluding hydrogens is 337 g/mol. The van der Waals surface area contributed by atoms with Crippen LogP contribution in [0.4, 0.5) is 10.3 Å². The Hall–Kier alpha value is -3.49. The maximum atomic E-state index is 14.0. The van der Waals surface area contributed by atoms with E-state index in [4.69, 9.17) is 5.73 Å². The zero-order chi connectivity index (χ0) is 18.7. The molecule has 8 nitrogen and oxygen atoms in total. The fourth-order valence-electron chi connectivity index (χ4n) is 2.33. The highest BCUT2D eigenvalue weighted by atomic mass is 19.1. The zero-order valence-electron chi connectivity index (χ0n) is 14.1. The molecule has 0 unspecified atom stereocenters. The van der Waals surface area contributed by atoms with Crippen LogP contribution in [0.5, 0.6) is 0 Å². The molecule has 0 fully saturated rings. The summed E-state index contributed by atoms with van der Waals surface area (Å²) in [6, 6.07) is 4.30. The molecule has 0 aliphatic carbocycles. The minimum atomic E-state index is -0.824. The third kappa shape index (κ3) is 3.61. The van der Waals surface area contributed by atoms with Gasteiger partial charge >= 0.3 is 0 Å². The van der Waals surface area contributed by atoms with Crippen molar-refractivity contribution < 1.29 is 9.18 Å². The minimum Gasteiger partial charge on any atom is -0.364 e. The van der Waals surface area contributed by atoms with E-state index < -0.39 is 17.3 Å². The van der Waals surface area contributed by atoms with E-state index >= 15 is 0 Å². The lowest BCUT2D eigenvalue weighted by Crippen LogP contribution is -2.31.